The normalized spacial score (nSPS) is 11.6. The minimum Gasteiger partial charge on any atom is -0.463 e. The lowest BCUT2D eigenvalue weighted by molar-refractivity contribution is -0.147. The number of carbonyl (C=O) groups is 2. The van der Waals surface area contributed by atoms with Crippen LogP contribution in [-0.2, 0) is 19.1 Å². The van der Waals surface area contributed by atoms with E-state index in [2.05, 4.69) is 10.5 Å². The number of nitrogens with one attached hydrogen (secondary N) is 1. The zero-order chi connectivity index (χ0) is 19.0. The first-order valence-electron chi connectivity index (χ1n) is 7.87. The lowest BCUT2D eigenvalue weighted by Crippen LogP contribution is -2.24. The van der Waals surface area contributed by atoms with Crippen LogP contribution in [0, 0.1) is 0 Å². The van der Waals surface area contributed by atoms with Gasteiger partial charge in [0.25, 0.3) is 0 Å². The van der Waals surface area contributed by atoms with Crippen molar-refractivity contribution in [3.63, 3.8) is 0 Å². The lowest BCUT2D eigenvalue weighted by Gasteiger charge is -2.11. The molecule has 0 heterocycles. The SMILES string of the molecule is CC(C)OC(=O)CC/C(=N\Nc1ccc(Cl)c(Cl)c1)C(=O)OC(C)C. The molecule has 0 saturated heterocycles. The van der Waals surface area contributed by atoms with E-state index in [0.29, 0.717) is 15.7 Å². The number of benzene rings is 1. The van der Waals surface area contributed by atoms with Crippen LogP contribution in [0.1, 0.15) is 40.5 Å². The highest BCUT2D eigenvalue weighted by atomic mass is 35.5. The molecule has 0 radical (unpaired) electrons. The van der Waals surface area contributed by atoms with Gasteiger partial charge in [-0.25, -0.2) is 4.79 Å². The maximum Gasteiger partial charge on any atom is 0.354 e. The Balaban J connectivity index is 2.83. The Morgan fingerprint density at radius 3 is 2.24 bits per heavy atom. The molecule has 0 fully saturated rings. The molecule has 0 aliphatic rings. The van der Waals surface area contributed by atoms with Crippen LogP contribution in [0.5, 0.6) is 0 Å². The molecule has 1 aromatic rings. The van der Waals surface area contributed by atoms with E-state index in [-0.39, 0.29) is 30.8 Å². The number of esters is 2. The number of hydrogen-bond acceptors (Lipinski definition) is 6. The average Bonchev–Trinajstić information content (AvgIpc) is 2.49. The van der Waals surface area contributed by atoms with Crippen molar-refractivity contribution in [2.24, 2.45) is 5.10 Å². The van der Waals surface area contributed by atoms with Crippen LogP contribution >= 0.6 is 23.2 Å². The third kappa shape index (κ3) is 8.23. The zero-order valence-corrected chi connectivity index (χ0v) is 16.1. The van der Waals surface area contributed by atoms with Crippen LogP contribution in [0.15, 0.2) is 23.3 Å². The van der Waals surface area contributed by atoms with Crippen molar-refractivity contribution >= 4 is 46.5 Å². The fraction of sp³-hybridized carbons (Fsp3) is 0.471. The molecule has 8 heteroatoms. The van der Waals surface area contributed by atoms with Crippen LogP contribution in [0.25, 0.3) is 0 Å². The predicted molar refractivity (Wildman–Crippen MR) is 99.2 cm³/mol. The summed E-state index contributed by atoms with van der Waals surface area (Å²) in [5.41, 5.74) is 3.36. The second-order valence-corrected chi connectivity index (χ2v) is 6.61. The molecule has 1 N–H and O–H groups in total. The number of anilines is 1. The lowest BCUT2D eigenvalue weighted by atomic mass is 10.2. The topological polar surface area (TPSA) is 77.0 Å². The number of nitrogens with zero attached hydrogens (tertiary/aromatic N) is 1. The summed E-state index contributed by atoms with van der Waals surface area (Å²) < 4.78 is 10.2. The molecule has 0 amide bonds. The summed E-state index contributed by atoms with van der Waals surface area (Å²) in [5.74, 6) is -1.01. The van der Waals surface area contributed by atoms with E-state index in [1.165, 1.54) is 0 Å². The van der Waals surface area contributed by atoms with Gasteiger partial charge in [-0.05, 0) is 45.9 Å². The van der Waals surface area contributed by atoms with Gasteiger partial charge in [0.15, 0.2) is 0 Å². The molecule has 0 aliphatic heterocycles. The highest BCUT2D eigenvalue weighted by Crippen LogP contribution is 2.25. The maximum atomic E-state index is 12.1. The van der Waals surface area contributed by atoms with Crippen molar-refractivity contribution in [2.45, 2.75) is 52.7 Å². The van der Waals surface area contributed by atoms with Gasteiger partial charge in [-0.1, -0.05) is 23.2 Å². The minimum atomic E-state index is -0.597. The fourth-order valence-electron chi connectivity index (χ4n) is 1.73. The van der Waals surface area contributed by atoms with Gasteiger partial charge >= 0.3 is 11.9 Å². The highest BCUT2D eigenvalue weighted by molar-refractivity contribution is 6.42. The van der Waals surface area contributed by atoms with Gasteiger partial charge in [0.2, 0.25) is 0 Å². The zero-order valence-electron chi connectivity index (χ0n) is 14.6. The molecule has 0 spiro atoms. The summed E-state index contributed by atoms with van der Waals surface area (Å²) >= 11 is 11.8. The third-order valence-corrected chi connectivity index (χ3v) is 3.49. The van der Waals surface area contributed by atoms with Gasteiger partial charge in [0.05, 0.1) is 34.4 Å². The Labute approximate surface area is 157 Å². The van der Waals surface area contributed by atoms with Crippen molar-refractivity contribution < 1.29 is 19.1 Å². The predicted octanol–water partition coefficient (Wildman–Crippen LogP) is 4.44. The maximum absolute atomic E-state index is 12.1. The Morgan fingerprint density at radius 1 is 1.04 bits per heavy atom. The minimum absolute atomic E-state index is 0.0211. The van der Waals surface area contributed by atoms with Crippen LogP contribution < -0.4 is 5.43 Å². The van der Waals surface area contributed by atoms with E-state index in [0.717, 1.165) is 0 Å². The van der Waals surface area contributed by atoms with Gasteiger partial charge in [0, 0.05) is 6.42 Å². The molecule has 0 bridgehead atoms. The summed E-state index contributed by atoms with van der Waals surface area (Å²) in [5, 5.41) is 4.82. The van der Waals surface area contributed by atoms with Gasteiger partial charge in [-0.3, -0.25) is 10.2 Å². The van der Waals surface area contributed by atoms with Gasteiger partial charge in [0.1, 0.15) is 5.71 Å². The van der Waals surface area contributed by atoms with Crippen molar-refractivity contribution in [3.05, 3.63) is 28.2 Å². The van der Waals surface area contributed by atoms with Crippen LogP contribution in [0.2, 0.25) is 10.0 Å². The van der Waals surface area contributed by atoms with E-state index in [9.17, 15) is 9.59 Å². The molecule has 0 saturated carbocycles. The molecule has 6 nitrogen and oxygen atoms in total. The second-order valence-electron chi connectivity index (χ2n) is 5.79. The average molecular weight is 389 g/mol. The first-order chi connectivity index (χ1) is 11.7. The van der Waals surface area contributed by atoms with Crippen molar-refractivity contribution in [3.8, 4) is 0 Å². The number of hydrazone groups is 1. The second kappa shape index (κ2) is 10.3. The van der Waals surface area contributed by atoms with E-state index in [1.807, 2.05) is 0 Å². The molecule has 0 aliphatic carbocycles. The van der Waals surface area contributed by atoms with Crippen molar-refractivity contribution in [2.75, 3.05) is 5.43 Å². The van der Waals surface area contributed by atoms with E-state index in [4.69, 9.17) is 32.7 Å². The Morgan fingerprint density at radius 2 is 1.68 bits per heavy atom. The fourth-order valence-corrected chi connectivity index (χ4v) is 2.02. The molecule has 1 aromatic carbocycles. The molecular weight excluding hydrogens is 367 g/mol. The summed E-state index contributed by atoms with van der Waals surface area (Å²) in [6.45, 7) is 6.97. The Hall–Kier alpha value is -1.79. The van der Waals surface area contributed by atoms with Crippen molar-refractivity contribution in [1.29, 1.82) is 0 Å². The smallest absolute Gasteiger partial charge is 0.354 e. The first-order valence-corrected chi connectivity index (χ1v) is 8.62. The number of halogens is 2. The molecule has 138 valence electrons. The van der Waals surface area contributed by atoms with Crippen molar-refractivity contribution in [1.82, 2.24) is 0 Å². The van der Waals surface area contributed by atoms with Crippen LogP contribution in [0.3, 0.4) is 0 Å². The molecule has 1 rings (SSSR count). The van der Waals surface area contributed by atoms with Gasteiger partial charge in [-0.2, -0.15) is 5.10 Å². The first kappa shape index (κ1) is 21.3. The van der Waals surface area contributed by atoms with E-state index >= 15 is 0 Å². The summed E-state index contributed by atoms with van der Waals surface area (Å²) in [6, 6.07) is 4.84. The summed E-state index contributed by atoms with van der Waals surface area (Å²) in [4.78, 5) is 23.8. The highest BCUT2D eigenvalue weighted by Gasteiger charge is 2.18. The largest absolute Gasteiger partial charge is 0.463 e. The molecule has 0 atom stereocenters. The molecule has 0 unspecified atom stereocenters. The van der Waals surface area contributed by atoms with Crippen LogP contribution in [-0.4, -0.2) is 29.9 Å². The monoisotopic (exact) mass is 388 g/mol. The third-order valence-electron chi connectivity index (χ3n) is 2.75. The molecule has 25 heavy (non-hydrogen) atoms. The van der Waals surface area contributed by atoms with Gasteiger partial charge < -0.3 is 9.47 Å². The quantitative estimate of drug-likeness (QED) is 0.404. The van der Waals surface area contributed by atoms with Gasteiger partial charge in [-0.15, -0.1) is 0 Å². The Kier molecular flexibility index (Phi) is 8.72. The Bertz CT molecular complexity index is 646. The summed E-state index contributed by atoms with van der Waals surface area (Å²) in [6.07, 6.45) is -0.409. The molecule has 0 aromatic heterocycles. The number of hydrogen-bond donors (Lipinski definition) is 1. The molecular formula is C17H22Cl2N2O4. The number of carbonyl (C=O) groups excluding carboxylic acids is 2. The van der Waals surface area contributed by atoms with E-state index < -0.39 is 11.9 Å². The van der Waals surface area contributed by atoms with Crippen LogP contribution in [0.4, 0.5) is 5.69 Å². The number of rotatable bonds is 8. The number of ether oxygens (including phenoxy) is 2. The van der Waals surface area contributed by atoms with E-state index in [1.54, 1.807) is 45.9 Å². The summed E-state index contributed by atoms with van der Waals surface area (Å²) in [7, 11) is 0. The standard InChI is InChI=1S/C17H22Cl2N2O4/c1-10(2)24-16(22)8-7-15(17(23)25-11(3)4)21-20-12-5-6-13(18)14(19)9-12/h5-6,9-11,20H,7-8H2,1-4H3/b21-15+.